The Balaban J connectivity index is 1.87. The number of hydrogen-bond acceptors (Lipinski definition) is 3. The molecule has 0 radical (unpaired) electrons. The van der Waals surface area contributed by atoms with Crippen molar-refractivity contribution < 1.29 is 13.2 Å². The summed E-state index contributed by atoms with van der Waals surface area (Å²) < 4.78 is 29.3. The molecule has 150 valence electrons. The Morgan fingerprint density at radius 2 is 1.55 bits per heavy atom. The zero-order chi connectivity index (χ0) is 20.9. The largest absolute Gasteiger partial charge is 0.324 e. The summed E-state index contributed by atoms with van der Waals surface area (Å²) in [5.41, 5.74) is 2.42. The van der Waals surface area contributed by atoms with Crippen molar-refractivity contribution in [2.24, 2.45) is 0 Å². The van der Waals surface area contributed by atoms with E-state index in [1.165, 1.54) is 12.1 Å². The van der Waals surface area contributed by atoms with Crippen molar-refractivity contribution in [2.75, 3.05) is 5.32 Å². The number of para-hydroxylation sites is 1. The molecule has 3 aromatic rings. The fourth-order valence-electron chi connectivity index (χ4n) is 2.84. The summed E-state index contributed by atoms with van der Waals surface area (Å²) in [4.78, 5) is 13.1. The first-order valence-electron chi connectivity index (χ1n) is 9.03. The molecule has 0 aliphatic carbocycles. The Hall–Kier alpha value is -2.23. The highest BCUT2D eigenvalue weighted by atomic mass is 127. The molecular weight excluding hydrogens is 499 g/mol. The van der Waals surface area contributed by atoms with E-state index in [0.29, 0.717) is 5.69 Å². The molecule has 0 heterocycles. The molecule has 0 aromatic heterocycles. The van der Waals surface area contributed by atoms with Gasteiger partial charge in [-0.15, -0.1) is 0 Å². The summed E-state index contributed by atoms with van der Waals surface area (Å²) in [6, 6.07) is 22.3. The smallest absolute Gasteiger partial charge is 0.242 e. The molecule has 3 aromatic carbocycles. The van der Waals surface area contributed by atoms with Crippen molar-refractivity contribution in [3.8, 4) is 0 Å². The van der Waals surface area contributed by atoms with E-state index in [9.17, 15) is 13.2 Å². The molecule has 2 N–H and O–H groups in total. The van der Waals surface area contributed by atoms with E-state index in [4.69, 9.17) is 0 Å². The van der Waals surface area contributed by atoms with E-state index < -0.39 is 22.0 Å². The molecule has 5 nitrogen and oxygen atoms in total. The lowest BCUT2D eigenvalue weighted by atomic mass is 10.1. The van der Waals surface area contributed by atoms with Crippen LogP contribution in [0.4, 0.5) is 5.69 Å². The number of carbonyl (C=O) groups excluding carboxylic acids is 1. The molecule has 0 saturated carbocycles. The Kier molecular flexibility index (Phi) is 7.05. The minimum Gasteiger partial charge on any atom is -0.324 e. The van der Waals surface area contributed by atoms with Gasteiger partial charge in [-0.1, -0.05) is 48.5 Å². The molecule has 0 bridgehead atoms. The second-order valence-corrected chi connectivity index (χ2v) is 9.58. The zero-order valence-corrected chi connectivity index (χ0v) is 18.8. The highest BCUT2D eigenvalue weighted by molar-refractivity contribution is 14.1. The van der Waals surface area contributed by atoms with Crippen LogP contribution in [0.25, 0.3) is 0 Å². The molecule has 0 aliphatic heterocycles. The van der Waals surface area contributed by atoms with E-state index in [1.807, 2.05) is 55.5 Å². The van der Waals surface area contributed by atoms with E-state index in [2.05, 4.69) is 32.6 Å². The van der Waals surface area contributed by atoms with Gasteiger partial charge in [-0.25, -0.2) is 8.42 Å². The first-order valence-corrected chi connectivity index (χ1v) is 11.6. The molecule has 1 atom stereocenters. The Morgan fingerprint density at radius 1 is 0.931 bits per heavy atom. The van der Waals surface area contributed by atoms with Crippen LogP contribution in [0.15, 0.2) is 83.8 Å². The highest BCUT2D eigenvalue weighted by Crippen LogP contribution is 2.17. The minimum atomic E-state index is -3.86. The first-order chi connectivity index (χ1) is 13.8. The van der Waals surface area contributed by atoms with Crippen LogP contribution < -0.4 is 10.0 Å². The lowest BCUT2D eigenvalue weighted by molar-refractivity contribution is -0.117. The summed E-state index contributed by atoms with van der Waals surface area (Å²) in [5.74, 6) is -0.405. The van der Waals surface area contributed by atoms with Crippen molar-refractivity contribution in [2.45, 2.75) is 24.3 Å². The van der Waals surface area contributed by atoms with Gasteiger partial charge in [0, 0.05) is 9.26 Å². The van der Waals surface area contributed by atoms with Crippen molar-refractivity contribution in [3.63, 3.8) is 0 Å². The second kappa shape index (κ2) is 9.51. The number of aryl methyl sites for hydroxylation is 1. The van der Waals surface area contributed by atoms with Gasteiger partial charge in [-0.05, 0) is 77.4 Å². The van der Waals surface area contributed by atoms with Crippen molar-refractivity contribution in [1.82, 2.24) is 4.72 Å². The lowest BCUT2D eigenvalue weighted by Gasteiger charge is -2.19. The van der Waals surface area contributed by atoms with Crippen LogP contribution in [-0.2, 0) is 21.2 Å². The maximum absolute atomic E-state index is 13.0. The summed E-state index contributed by atoms with van der Waals surface area (Å²) in [7, 11) is -3.86. The average molecular weight is 520 g/mol. The summed E-state index contributed by atoms with van der Waals surface area (Å²) in [6.45, 7) is 1.89. The predicted octanol–water partition coefficient (Wildman–Crippen LogP) is 4.13. The van der Waals surface area contributed by atoms with Crippen LogP contribution in [0.1, 0.15) is 11.1 Å². The van der Waals surface area contributed by atoms with Crippen LogP contribution in [0.5, 0.6) is 0 Å². The number of nitrogens with one attached hydrogen (secondary N) is 2. The van der Waals surface area contributed by atoms with Gasteiger partial charge in [-0.2, -0.15) is 4.72 Å². The van der Waals surface area contributed by atoms with Crippen molar-refractivity contribution in [1.29, 1.82) is 0 Å². The molecule has 0 spiro atoms. The molecular formula is C22H21IN2O3S. The third kappa shape index (κ3) is 5.88. The van der Waals surface area contributed by atoms with E-state index in [-0.39, 0.29) is 11.3 Å². The van der Waals surface area contributed by atoms with Crippen LogP contribution >= 0.6 is 22.6 Å². The number of hydrogen-bond donors (Lipinski definition) is 2. The summed E-state index contributed by atoms with van der Waals surface area (Å²) >= 11 is 2.11. The standard InChI is InChI=1S/C22H21IN2O3S/c1-16-7-5-6-10-20(16)24-22(26)21(15-17-8-3-2-4-9-17)25-29(27,28)19-13-11-18(23)12-14-19/h2-14,21,25H,15H2,1H3,(H,24,26)/t21-/m0/s1. The molecule has 0 saturated heterocycles. The van der Waals surface area contributed by atoms with Gasteiger partial charge in [0.2, 0.25) is 15.9 Å². The number of anilines is 1. The number of benzene rings is 3. The van der Waals surface area contributed by atoms with Crippen molar-refractivity contribution >= 4 is 44.2 Å². The molecule has 7 heteroatoms. The molecule has 29 heavy (non-hydrogen) atoms. The summed E-state index contributed by atoms with van der Waals surface area (Å²) in [5, 5.41) is 2.85. The normalized spacial score (nSPS) is 12.3. The van der Waals surface area contributed by atoms with Gasteiger partial charge in [-0.3, -0.25) is 4.79 Å². The fraction of sp³-hybridized carbons (Fsp3) is 0.136. The van der Waals surface area contributed by atoms with Gasteiger partial charge < -0.3 is 5.32 Å². The Morgan fingerprint density at radius 3 is 2.21 bits per heavy atom. The number of halogens is 1. The molecule has 0 aliphatic rings. The van der Waals surface area contributed by atoms with Crippen LogP contribution in [0.2, 0.25) is 0 Å². The summed E-state index contributed by atoms with van der Waals surface area (Å²) in [6.07, 6.45) is 0.238. The minimum absolute atomic E-state index is 0.125. The average Bonchev–Trinajstić information content (AvgIpc) is 2.70. The maximum Gasteiger partial charge on any atom is 0.242 e. The number of rotatable bonds is 7. The topological polar surface area (TPSA) is 75.3 Å². The number of amides is 1. The van der Waals surface area contributed by atoms with Crippen LogP contribution in [0.3, 0.4) is 0 Å². The monoisotopic (exact) mass is 520 g/mol. The third-order valence-corrected chi connectivity index (χ3v) is 6.63. The third-order valence-electron chi connectivity index (χ3n) is 4.42. The van der Waals surface area contributed by atoms with Gasteiger partial charge in [0.1, 0.15) is 6.04 Å². The molecule has 1 amide bonds. The predicted molar refractivity (Wildman–Crippen MR) is 123 cm³/mol. The van der Waals surface area contributed by atoms with E-state index in [0.717, 1.165) is 14.7 Å². The van der Waals surface area contributed by atoms with Gasteiger partial charge in [0.05, 0.1) is 4.90 Å². The SMILES string of the molecule is Cc1ccccc1NC(=O)[C@H](Cc1ccccc1)NS(=O)(=O)c1ccc(I)cc1. The second-order valence-electron chi connectivity index (χ2n) is 6.62. The van der Waals surface area contributed by atoms with E-state index in [1.54, 1.807) is 18.2 Å². The fourth-order valence-corrected chi connectivity index (χ4v) is 4.39. The highest BCUT2D eigenvalue weighted by Gasteiger charge is 2.26. The van der Waals surface area contributed by atoms with Crippen LogP contribution in [0, 0.1) is 10.5 Å². The zero-order valence-electron chi connectivity index (χ0n) is 15.8. The first kappa shape index (κ1) is 21.5. The number of carbonyl (C=O) groups is 1. The molecule has 0 fully saturated rings. The molecule has 3 rings (SSSR count). The quantitative estimate of drug-likeness (QED) is 0.461. The maximum atomic E-state index is 13.0. The lowest BCUT2D eigenvalue weighted by Crippen LogP contribution is -2.45. The van der Waals surface area contributed by atoms with Gasteiger partial charge >= 0.3 is 0 Å². The Bertz CT molecular complexity index is 1080. The van der Waals surface area contributed by atoms with Crippen LogP contribution in [-0.4, -0.2) is 20.4 Å². The molecule has 0 unspecified atom stereocenters. The van der Waals surface area contributed by atoms with E-state index >= 15 is 0 Å². The number of sulfonamides is 1. The van der Waals surface area contributed by atoms with Crippen molar-refractivity contribution in [3.05, 3.63) is 93.6 Å². The van der Waals surface area contributed by atoms with Gasteiger partial charge in [0.15, 0.2) is 0 Å². The van der Waals surface area contributed by atoms with Gasteiger partial charge in [0.25, 0.3) is 0 Å². The Labute approximate surface area is 184 Å².